The van der Waals surface area contributed by atoms with E-state index in [1.807, 2.05) is 6.07 Å². The van der Waals surface area contributed by atoms with E-state index in [-0.39, 0.29) is 5.91 Å². The number of piperazine rings is 1. The van der Waals surface area contributed by atoms with E-state index in [4.69, 9.17) is 5.26 Å². The van der Waals surface area contributed by atoms with Gasteiger partial charge in [0.15, 0.2) is 0 Å². The summed E-state index contributed by atoms with van der Waals surface area (Å²) in [6, 6.07) is 8.48. The molecule has 0 aromatic heterocycles. The minimum Gasteiger partial charge on any atom is -0.351 e. The maximum absolute atomic E-state index is 12.0. The average Bonchev–Trinajstić information content (AvgIpc) is 2.54. The zero-order valence-corrected chi connectivity index (χ0v) is 13.8. The second-order valence-electron chi connectivity index (χ2n) is 5.45. The van der Waals surface area contributed by atoms with Crippen LogP contribution in [0, 0.1) is 11.3 Å². The second kappa shape index (κ2) is 7.55. The second-order valence-corrected chi connectivity index (χ2v) is 7.43. The number of hydrogen-bond donors (Lipinski definition) is 1. The van der Waals surface area contributed by atoms with Crippen LogP contribution in [0.5, 0.6) is 0 Å². The van der Waals surface area contributed by atoms with Crippen LogP contribution < -0.4 is 5.32 Å². The van der Waals surface area contributed by atoms with E-state index in [0.717, 1.165) is 0 Å². The molecule has 1 N–H and O–H groups in total. The Hall–Kier alpha value is -1.95. The summed E-state index contributed by atoms with van der Waals surface area (Å²) < 4.78 is 24.3. The Morgan fingerprint density at radius 2 is 1.83 bits per heavy atom. The van der Waals surface area contributed by atoms with Crippen molar-refractivity contribution in [2.75, 3.05) is 45.5 Å². The molecule has 0 atom stereocenters. The van der Waals surface area contributed by atoms with E-state index in [9.17, 15) is 13.2 Å². The Bertz CT molecular complexity index is 686. The van der Waals surface area contributed by atoms with Gasteiger partial charge in [0.05, 0.1) is 17.9 Å². The zero-order chi connectivity index (χ0) is 16.9. The number of nitrogens with one attached hydrogen (secondary N) is 1. The molecule has 0 saturated carbocycles. The van der Waals surface area contributed by atoms with Crippen molar-refractivity contribution >= 4 is 15.9 Å². The predicted molar refractivity (Wildman–Crippen MR) is 86.3 cm³/mol. The fourth-order valence-electron chi connectivity index (χ4n) is 2.41. The quantitative estimate of drug-likeness (QED) is 0.808. The highest BCUT2D eigenvalue weighted by Crippen LogP contribution is 2.06. The lowest BCUT2D eigenvalue weighted by Gasteiger charge is -2.33. The lowest BCUT2D eigenvalue weighted by atomic mass is 10.1. The van der Waals surface area contributed by atoms with Gasteiger partial charge < -0.3 is 5.32 Å². The van der Waals surface area contributed by atoms with E-state index in [0.29, 0.717) is 50.4 Å². The Balaban J connectivity index is 1.73. The minimum absolute atomic E-state index is 0.177. The Morgan fingerprint density at radius 3 is 2.35 bits per heavy atom. The molecule has 1 aliphatic heterocycles. The van der Waals surface area contributed by atoms with Crippen molar-refractivity contribution in [3.05, 3.63) is 35.4 Å². The van der Waals surface area contributed by atoms with Crippen molar-refractivity contribution in [3.8, 4) is 6.07 Å². The van der Waals surface area contributed by atoms with Crippen molar-refractivity contribution in [1.29, 1.82) is 5.26 Å². The summed E-state index contributed by atoms with van der Waals surface area (Å²) in [5.74, 6) is -0.177. The van der Waals surface area contributed by atoms with Crippen molar-refractivity contribution in [2.24, 2.45) is 0 Å². The molecule has 7 nitrogen and oxygen atoms in total. The number of carbonyl (C=O) groups is 1. The molecular weight excluding hydrogens is 316 g/mol. The number of rotatable bonds is 5. The average molecular weight is 336 g/mol. The highest BCUT2D eigenvalue weighted by molar-refractivity contribution is 7.88. The van der Waals surface area contributed by atoms with Gasteiger partial charge in [-0.1, -0.05) is 0 Å². The van der Waals surface area contributed by atoms with Crippen LogP contribution in [0.15, 0.2) is 24.3 Å². The monoisotopic (exact) mass is 336 g/mol. The van der Waals surface area contributed by atoms with Gasteiger partial charge in [-0.25, -0.2) is 8.42 Å². The van der Waals surface area contributed by atoms with Gasteiger partial charge in [0.2, 0.25) is 10.0 Å². The normalized spacial score (nSPS) is 16.7. The molecule has 1 saturated heterocycles. The third-order valence-electron chi connectivity index (χ3n) is 3.79. The summed E-state index contributed by atoms with van der Waals surface area (Å²) in [5, 5.41) is 11.6. The van der Waals surface area contributed by atoms with E-state index in [1.54, 1.807) is 24.3 Å². The van der Waals surface area contributed by atoms with Gasteiger partial charge >= 0.3 is 0 Å². The molecule has 1 amide bonds. The molecule has 8 heteroatoms. The molecule has 2 rings (SSSR count). The van der Waals surface area contributed by atoms with E-state index >= 15 is 0 Å². The van der Waals surface area contributed by atoms with Gasteiger partial charge in [0, 0.05) is 44.8 Å². The Kier molecular flexibility index (Phi) is 5.71. The summed E-state index contributed by atoms with van der Waals surface area (Å²) in [7, 11) is -3.11. The number of nitriles is 1. The fourth-order valence-corrected chi connectivity index (χ4v) is 3.24. The molecule has 1 aliphatic rings. The first-order valence-corrected chi connectivity index (χ1v) is 9.21. The molecule has 0 unspecified atom stereocenters. The molecule has 0 radical (unpaired) electrons. The number of amides is 1. The van der Waals surface area contributed by atoms with E-state index < -0.39 is 10.0 Å². The highest BCUT2D eigenvalue weighted by Gasteiger charge is 2.22. The van der Waals surface area contributed by atoms with Crippen molar-refractivity contribution in [2.45, 2.75) is 0 Å². The molecular formula is C15H20N4O3S. The number of benzene rings is 1. The standard InChI is InChI=1S/C15H20N4O3S/c1-23(21,22)19-10-8-18(9-11-19)7-6-17-15(20)14-4-2-13(12-16)3-5-14/h2-5H,6-11H2,1H3,(H,17,20). The molecule has 0 spiro atoms. The van der Waals surface area contributed by atoms with Gasteiger partial charge in [-0.05, 0) is 24.3 Å². The first kappa shape index (κ1) is 17.4. The number of carbonyl (C=O) groups excluding carboxylic acids is 1. The highest BCUT2D eigenvalue weighted by atomic mass is 32.2. The van der Waals surface area contributed by atoms with Crippen LogP contribution in [0.25, 0.3) is 0 Å². The molecule has 124 valence electrons. The molecule has 0 aliphatic carbocycles. The zero-order valence-electron chi connectivity index (χ0n) is 13.0. The predicted octanol–water partition coefficient (Wildman–Crippen LogP) is -0.135. The smallest absolute Gasteiger partial charge is 0.251 e. The molecule has 23 heavy (non-hydrogen) atoms. The van der Waals surface area contributed by atoms with Crippen LogP contribution in [0.2, 0.25) is 0 Å². The maximum Gasteiger partial charge on any atom is 0.251 e. The summed E-state index contributed by atoms with van der Waals surface area (Å²) in [6.45, 7) is 3.49. The third kappa shape index (κ3) is 5.03. The summed E-state index contributed by atoms with van der Waals surface area (Å²) >= 11 is 0. The van der Waals surface area contributed by atoms with Gasteiger partial charge in [0.25, 0.3) is 5.91 Å². The van der Waals surface area contributed by atoms with Crippen LogP contribution in [-0.2, 0) is 10.0 Å². The lowest BCUT2D eigenvalue weighted by molar-refractivity contribution is 0.0945. The largest absolute Gasteiger partial charge is 0.351 e. The maximum atomic E-state index is 12.0. The number of sulfonamides is 1. The minimum atomic E-state index is -3.11. The Labute approximate surface area is 136 Å². The summed E-state index contributed by atoms with van der Waals surface area (Å²) in [5.41, 5.74) is 1.04. The molecule has 1 aromatic carbocycles. The lowest BCUT2D eigenvalue weighted by Crippen LogP contribution is -2.49. The van der Waals surface area contributed by atoms with Crippen molar-refractivity contribution < 1.29 is 13.2 Å². The summed E-state index contributed by atoms with van der Waals surface area (Å²) in [4.78, 5) is 14.1. The first-order valence-electron chi connectivity index (χ1n) is 7.36. The molecule has 0 bridgehead atoms. The van der Waals surface area contributed by atoms with Crippen LogP contribution in [0.1, 0.15) is 15.9 Å². The van der Waals surface area contributed by atoms with Gasteiger partial charge in [-0.2, -0.15) is 9.57 Å². The Morgan fingerprint density at radius 1 is 1.22 bits per heavy atom. The SMILES string of the molecule is CS(=O)(=O)N1CCN(CCNC(=O)c2ccc(C#N)cc2)CC1. The van der Waals surface area contributed by atoms with Crippen molar-refractivity contribution in [1.82, 2.24) is 14.5 Å². The molecule has 1 aromatic rings. The van der Waals surface area contributed by atoms with Crippen LogP contribution in [0.3, 0.4) is 0 Å². The van der Waals surface area contributed by atoms with Crippen LogP contribution >= 0.6 is 0 Å². The van der Waals surface area contributed by atoms with Crippen LogP contribution in [0.4, 0.5) is 0 Å². The third-order valence-corrected chi connectivity index (χ3v) is 5.09. The fraction of sp³-hybridized carbons (Fsp3) is 0.467. The van der Waals surface area contributed by atoms with Gasteiger partial charge in [-0.15, -0.1) is 0 Å². The molecule has 1 heterocycles. The van der Waals surface area contributed by atoms with Crippen molar-refractivity contribution in [3.63, 3.8) is 0 Å². The summed E-state index contributed by atoms with van der Waals surface area (Å²) in [6.07, 6.45) is 1.22. The van der Waals surface area contributed by atoms with E-state index in [2.05, 4.69) is 10.2 Å². The molecule has 1 fully saturated rings. The van der Waals surface area contributed by atoms with E-state index in [1.165, 1.54) is 10.6 Å². The number of nitrogens with zero attached hydrogens (tertiary/aromatic N) is 3. The topological polar surface area (TPSA) is 93.5 Å². The van der Waals surface area contributed by atoms with Gasteiger partial charge in [-0.3, -0.25) is 9.69 Å². The van der Waals surface area contributed by atoms with Crippen LogP contribution in [-0.4, -0.2) is 69.1 Å². The first-order chi connectivity index (χ1) is 10.9. The van der Waals surface area contributed by atoms with Gasteiger partial charge in [0.1, 0.15) is 0 Å². The number of hydrogen-bond acceptors (Lipinski definition) is 5.